The van der Waals surface area contributed by atoms with Crippen LogP contribution >= 0.6 is 0 Å². The number of hydrogen-bond donors (Lipinski definition) is 3. The highest BCUT2D eigenvalue weighted by molar-refractivity contribution is 5.81. The van der Waals surface area contributed by atoms with Gasteiger partial charge in [0.05, 0.1) is 19.8 Å². The van der Waals surface area contributed by atoms with Crippen LogP contribution in [0.5, 0.6) is 0 Å². The van der Waals surface area contributed by atoms with E-state index in [1.165, 1.54) is 0 Å². The van der Waals surface area contributed by atoms with Gasteiger partial charge in [-0.2, -0.15) is 0 Å². The maximum Gasteiger partial charge on any atom is 0.322 e. The molecule has 0 saturated heterocycles. The molecule has 0 aromatic rings. The largest absolute Gasteiger partial charge is 0.480 e. The predicted molar refractivity (Wildman–Crippen MR) is 65.6 cm³/mol. The van der Waals surface area contributed by atoms with Gasteiger partial charge in [0.1, 0.15) is 13.2 Å². The second-order valence-electron chi connectivity index (χ2n) is 3.54. The Kier molecular flexibility index (Phi) is 10.4. The van der Waals surface area contributed by atoms with E-state index in [-0.39, 0.29) is 19.1 Å². The molecule has 0 atom stereocenters. The van der Waals surface area contributed by atoms with E-state index in [0.717, 1.165) is 0 Å². The van der Waals surface area contributed by atoms with Crippen LogP contribution in [-0.4, -0.2) is 62.4 Å². The van der Waals surface area contributed by atoms with Crippen molar-refractivity contribution in [2.45, 2.75) is 13.3 Å². The van der Waals surface area contributed by atoms with Crippen LogP contribution in [0.25, 0.3) is 0 Å². The van der Waals surface area contributed by atoms with E-state index >= 15 is 0 Å². The summed E-state index contributed by atoms with van der Waals surface area (Å²) in [6.45, 7) is 2.47. The Hall–Kier alpha value is -1.67. The summed E-state index contributed by atoms with van der Waals surface area (Å²) in [5, 5.41) is 13.1. The average Bonchev–Trinajstić information content (AvgIpc) is 2.38. The highest BCUT2D eigenvalue weighted by Gasteiger charge is 2.03. The van der Waals surface area contributed by atoms with Gasteiger partial charge >= 0.3 is 5.97 Å². The summed E-state index contributed by atoms with van der Waals surface area (Å²) in [6.07, 6.45) is 0.439. The predicted octanol–water partition coefficient (Wildman–Crippen LogP) is -1.25. The van der Waals surface area contributed by atoms with Gasteiger partial charge in [-0.15, -0.1) is 0 Å². The minimum absolute atomic E-state index is 0.0325. The first kappa shape index (κ1) is 17.3. The Morgan fingerprint density at radius 3 is 2.32 bits per heavy atom. The Labute approximate surface area is 111 Å². The molecule has 0 bridgehead atoms. The molecule has 2 amide bonds. The van der Waals surface area contributed by atoms with Crippen LogP contribution in [0.2, 0.25) is 0 Å². The summed E-state index contributed by atoms with van der Waals surface area (Å²) >= 11 is 0. The monoisotopic (exact) mass is 276 g/mol. The normalized spacial score (nSPS) is 9.95. The van der Waals surface area contributed by atoms with Gasteiger partial charge in [0.15, 0.2) is 0 Å². The fourth-order valence-corrected chi connectivity index (χ4v) is 0.998. The molecule has 0 aliphatic heterocycles. The molecule has 8 heteroatoms. The number of carbonyl (C=O) groups excluding carboxylic acids is 2. The lowest BCUT2D eigenvalue weighted by atomic mass is 10.4. The first-order valence-electron chi connectivity index (χ1n) is 5.97. The first-order valence-corrected chi connectivity index (χ1v) is 5.97. The number of aliphatic carboxylic acids is 1. The molecule has 110 valence electrons. The zero-order valence-corrected chi connectivity index (χ0v) is 10.9. The van der Waals surface area contributed by atoms with Crippen molar-refractivity contribution in [1.82, 2.24) is 10.6 Å². The number of ether oxygens (including phenoxy) is 2. The van der Waals surface area contributed by atoms with Crippen molar-refractivity contribution in [3.8, 4) is 0 Å². The number of carboxylic acid groups (broad SMARTS) is 1. The summed E-state index contributed by atoms with van der Waals surface area (Å²) in [5.74, 6) is -1.63. The van der Waals surface area contributed by atoms with Crippen LogP contribution in [0.15, 0.2) is 0 Å². The smallest absolute Gasteiger partial charge is 0.322 e. The minimum Gasteiger partial charge on any atom is -0.480 e. The fourth-order valence-electron chi connectivity index (χ4n) is 0.998. The SMILES string of the molecule is CCC(=O)NCCOCCOCC(=O)NCC(=O)O. The Morgan fingerprint density at radius 1 is 1.00 bits per heavy atom. The fraction of sp³-hybridized carbons (Fsp3) is 0.727. The van der Waals surface area contributed by atoms with Crippen molar-refractivity contribution in [2.75, 3.05) is 39.5 Å². The minimum atomic E-state index is -1.11. The lowest BCUT2D eigenvalue weighted by molar-refractivity contribution is -0.138. The zero-order valence-electron chi connectivity index (χ0n) is 10.9. The molecular formula is C11H20N2O6. The topological polar surface area (TPSA) is 114 Å². The van der Waals surface area contributed by atoms with Crippen LogP contribution in [-0.2, 0) is 23.9 Å². The van der Waals surface area contributed by atoms with E-state index < -0.39 is 18.4 Å². The molecule has 0 unspecified atom stereocenters. The number of hydrogen-bond acceptors (Lipinski definition) is 5. The molecule has 0 heterocycles. The molecule has 0 aromatic heterocycles. The third kappa shape index (κ3) is 12.6. The number of nitrogens with one attached hydrogen (secondary N) is 2. The highest BCUT2D eigenvalue weighted by Crippen LogP contribution is 1.80. The van der Waals surface area contributed by atoms with Gasteiger partial charge in [0.25, 0.3) is 0 Å². The molecule has 0 rings (SSSR count). The molecule has 0 fully saturated rings. The number of amides is 2. The number of rotatable bonds is 11. The molecule has 0 spiro atoms. The molecule has 0 aliphatic carbocycles. The van der Waals surface area contributed by atoms with Gasteiger partial charge < -0.3 is 25.2 Å². The molecule has 0 aliphatic rings. The van der Waals surface area contributed by atoms with Crippen LogP contribution in [0, 0.1) is 0 Å². The second kappa shape index (κ2) is 11.4. The van der Waals surface area contributed by atoms with Crippen molar-refractivity contribution < 1.29 is 29.0 Å². The Bertz CT molecular complexity index is 295. The molecule has 19 heavy (non-hydrogen) atoms. The van der Waals surface area contributed by atoms with Crippen molar-refractivity contribution in [3.63, 3.8) is 0 Å². The van der Waals surface area contributed by atoms with Gasteiger partial charge in [-0.25, -0.2) is 0 Å². The van der Waals surface area contributed by atoms with Crippen LogP contribution in [0.1, 0.15) is 13.3 Å². The van der Waals surface area contributed by atoms with Gasteiger partial charge in [-0.1, -0.05) is 6.92 Å². The lowest BCUT2D eigenvalue weighted by Gasteiger charge is -2.06. The van der Waals surface area contributed by atoms with Crippen LogP contribution in [0.4, 0.5) is 0 Å². The molecule has 3 N–H and O–H groups in total. The summed E-state index contributed by atoms with van der Waals surface area (Å²) in [6, 6.07) is 0. The van der Waals surface area contributed by atoms with Crippen molar-refractivity contribution in [3.05, 3.63) is 0 Å². The van der Waals surface area contributed by atoms with Crippen LogP contribution < -0.4 is 10.6 Å². The van der Waals surface area contributed by atoms with Crippen molar-refractivity contribution in [2.24, 2.45) is 0 Å². The quantitative estimate of drug-likeness (QED) is 0.406. The summed E-state index contributed by atoms with van der Waals surface area (Å²) in [4.78, 5) is 32.0. The van der Waals surface area contributed by atoms with E-state index in [1.807, 2.05) is 0 Å². The standard InChI is InChI=1S/C11H20N2O6/c1-2-9(14)12-3-4-18-5-6-19-8-10(15)13-7-11(16)17/h2-8H2,1H3,(H,12,14)(H,13,15)(H,16,17). The third-order valence-electron chi connectivity index (χ3n) is 1.93. The van der Waals surface area contributed by atoms with E-state index in [2.05, 4.69) is 10.6 Å². The van der Waals surface area contributed by atoms with Gasteiger partial charge in [-0.05, 0) is 0 Å². The molecule has 8 nitrogen and oxygen atoms in total. The molecule has 0 saturated carbocycles. The lowest BCUT2D eigenvalue weighted by Crippen LogP contribution is -2.32. The second-order valence-corrected chi connectivity index (χ2v) is 3.54. The Balaban J connectivity index is 3.24. The highest BCUT2D eigenvalue weighted by atomic mass is 16.5. The maximum absolute atomic E-state index is 11.0. The van der Waals surface area contributed by atoms with Gasteiger partial charge in [0, 0.05) is 13.0 Å². The molecule has 0 aromatic carbocycles. The van der Waals surface area contributed by atoms with E-state index in [0.29, 0.717) is 26.2 Å². The summed E-state index contributed by atoms with van der Waals surface area (Å²) < 4.78 is 10.1. The Morgan fingerprint density at radius 2 is 1.68 bits per heavy atom. The summed E-state index contributed by atoms with van der Waals surface area (Å²) in [7, 11) is 0. The number of carbonyl (C=O) groups is 3. The first-order chi connectivity index (χ1) is 9.06. The molecular weight excluding hydrogens is 256 g/mol. The number of carboxylic acids is 1. The molecule has 0 radical (unpaired) electrons. The van der Waals surface area contributed by atoms with E-state index in [1.54, 1.807) is 6.92 Å². The third-order valence-corrected chi connectivity index (χ3v) is 1.93. The van der Waals surface area contributed by atoms with Crippen molar-refractivity contribution >= 4 is 17.8 Å². The average molecular weight is 276 g/mol. The van der Waals surface area contributed by atoms with Crippen molar-refractivity contribution in [1.29, 1.82) is 0 Å². The van der Waals surface area contributed by atoms with Gasteiger partial charge in [-0.3, -0.25) is 14.4 Å². The van der Waals surface area contributed by atoms with E-state index in [9.17, 15) is 14.4 Å². The van der Waals surface area contributed by atoms with E-state index in [4.69, 9.17) is 14.6 Å². The zero-order chi connectivity index (χ0) is 14.5. The maximum atomic E-state index is 11.0. The van der Waals surface area contributed by atoms with Crippen LogP contribution in [0.3, 0.4) is 0 Å². The van der Waals surface area contributed by atoms with Gasteiger partial charge in [0.2, 0.25) is 11.8 Å². The summed E-state index contributed by atoms with van der Waals surface area (Å²) in [5.41, 5.74) is 0.